The minimum atomic E-state index is -2.34. The van der Waals surface area contributed by atoms with Gasteiger partial charge in [0.1, 0.15) is 107 Å². The van der Waals surface area contributed by atoms with E-state index in [0.717, 1.165) is 113 Å². The Kier molecular flexibility index (Phi) is 25.0. The second kappa shape index (κ2) is 35.4. The monoisotopic (exact) mass is 1640 g/mol. The molecule has 1 saturated heterocycles. The zero-order chi connectivity index (χ0) is 82.5. The predicted octanol–water partition coefficient (Wildman–Crippen LogP) is 6.88. The summed E-state index contributed by atoms with van der Waals surface area (Å²) in [5, 5.41) is 130. The normalized spacial score (nSPS) is 23.3. The average Bonchev–Trinajstić information content (AvgIpc) is 0.820. The third-order valence-electron chi connectivity index (χ3n) is 20.3. The lowest BCUT2D eigenvalue weighted by Crippen LogP contribution is -2.65. The van der Waals surface area contributed by atoms with Crippen LogP contribution in [0, 0.1) is 0 Å². The summed E-state index contributed by atoms with van der Waals surface area (Å²) >= 11 is 14.3. The van der Waals surface area contributed by atoms with E-state index < -0.39 is 213 Å². The lowest BCUT2D eigenvalue weighted by atomic mass is 9.89. The van der Waals surface area contributed by atoms with Gasteiger partial charge in [0.2, 0.25) is 47.1 Å². The van der Waals surface area contributed by atoms with Gasteiger partial charge in [-0.25, -0.2) is 9.48 Å². The number of nitrogens with zero attached hydrogens (tertiary/aromatic N) is 3. The predicted molar refractivity (Wildman–Crippen MR) is 407 cm³/mol. The van der Waals surface area contributed by atoms with Crippen molar-refractivity contribution >= 4 is 70.5 Å². The Hall–Kier alpha value is -12.0. The number of methoxy groups -OCH3 is 1. The molecule has 8 aromatic rings. The maximum atomic E-state index is 16.4. The van der Waals surface area contributed by atoms with E-state index in [1.54, 1.807) is 0 Å². The van der Waals surface area contributed by atoms with Crippen molar-refractivity contribution in [3.05, 3.63) is 176 Å². The van der Waals surface area contributed by atoms with Crippen molar-refractivity contribution in [2.75, 3.05) is 20.3 Å². The van der Waals surface area contributed by atoms with Gasteiger partial charge in [0.15, 0.2) is 41.4 Å². The van der Waals surface area contributed by atoms with Gasteiger partial charge in [0.05, 0.1) is 36.6 Å². The highest BCUT2D eigenvalue weighted by molar-refractivity contribution is 6.32. The Morgan fingerprint density at radius 3 is 1.90 bits per heavy atom. The third-order valence-corrected chi connectivity index (χ3v) is 20.9. The zero-order valence-electron chi connectivity index (χ0n) is 62.3. The highest BCUT2D eigenvalue weighted by Gasteiger charge is 2.50. The van der Waals surface area contributed by atoms with Crippen LogP contribution in [0.4, 0.5) is 0 Å². The molecule has 0 spiro atoms. The lowest BCUT2D eigenvalue weighted by molar-refractivity contribution is -0.284. The van der Waals surface area contributed by atoms with Gasteiger partial charge in [-0.3, -0.25) is 33.6 Å². The van der Waals surface area contributed by atoms with Gasteiger partial charge in [-0.1, -0.05) is 105 Å². The van der Waals surface area contributed by atoms with Gasteiger partial charge in [-0.2, -0.15) is 0 Å². The van der Waals surface area contributed by atoms with Crippen LogP contribution in [-0.2, 0) is 70.3 Å². The van der Waals surface area contributed by atoms with E-state index >= 15 is 28.8 Å². The van der Waals surface area contributed by atoms with E-state index in [9.17, 15) is 55.5 Å². The van der Waals surface area contributed by atoms with E-state index in [4.69, 9.17) is 56.4 Å². The summed E-state index contributed by atoms with van der Waals surface area (Å²) in [5.74, 6) is -16.1. The summed E-state index contributed by atoms with van der Waals surface area (Å²) in [5.41, 5.74) is -1.89. The van der Waals surface area contributed by atoms with Crippen LogP contribution in [0.2, 0.25) is 10.0 Å². The van der Waals surface area contributed by atoms with E-state index in [1.165, 1.54) is 78.3 Å². The van der Waals surface area contributed by atoms with Gasteiger partial charge < -0.3 is 116 Å². The number of aliphatic hydroxyl groups excluding tert-OH is 3. The fourth-order valence-electron chi connectivity index (χ4n) is 14.5. The quantitative estimate of drug-likeness (QED) is 0.0326. The van der Waals surface area contributed by atoms with Crippen LogP contribution in [0.5, 0.6) is 69.0 Å². The molecule has 7 aliphatic heterocycles. The number of aliphatic hydroxyl groups is 3. The fraction of sp³-hybridized carbons (Fsp3) is 0.350. The number of amides is 7. The van der Waals surface area contributed by atoms with E-state index in [2.05, 4.69) is 54.5 Å². The maximum Gasteiger partial charge on any atom is 0.333 e. The topological polar surface area (TPSA) is 498 Å². The molecule has 8 heterocycles. The number of carbonyl (C=O) groups excluding carboxylic acids is 8. The number of rotatable bonds is 17. The van der Waals surface area contributed by atoms with Gasteiger partial charge in [-0.05, 0) is 119 Å². The van der Waals surface area contributed by atoms with Gasteiger partial charge in [0, 0.05) is 48.8 Å². The first kappa shape index (κ1) is 82.0. The van der Waals surface area contributed by atoms with Crippen molar-refractivity contribution in [3.8, 4) is 80.1 Å². The third kappa shape index (κ3) is 17.9. The minimum Gasteiger partial charge on any atom is -0.508 e. The molecule has 15 rings (SSSR count). The Labute approximate surface area is 670 Å². The number of aromatic hydroxyl groups is 6. The number of carbonyl (C=O) groups is 8. The van der Waals surface area contributed by atoms with Crippen LogP contribution in [0.15, 0.2) is 121 Å². The molecule has 13 atom stereocenters. The van der Waals surface area contributed by atoms with Crippen molar-refractivity contribution in [1.29, 1.82) is 0 Å². The van der Waals surface area contributed by atoms with E-state index in [1.807, 2.05) is 0 Å². The largest absolute Gasteiger partial charge is 0.508 e. The molecular formula is C80H82Cl2N10O24. The first-order valence-corrected chi connectivity index (χ1v) is 37.9. The standard InChI is InChI=1S/C80H82Cl2N10O24/c1-4-5-6-7-8-9-10-11-20-111-35-43-33-92(91-90-43)68-39-14-17-53(98)57(27-39)112-46-24-41(23-44(95)30-46)63-75(105)87-64-42-28-58(113-55-18-12-37(21-49(55)81)22-51(73(103)85-63)84-78(68)108)69(100)59(29-42)114-56-19-15-40(26-50(56)82)72(116-80-66(83-36(2)94)71(102)70(101)60(34-93)115-80)67-77(107)88-65(79(109)110-3)48-31-45(96)32-54(99)61(48)47-25-38(13-16-52(47)97)62(74(104)89-67)86-76(64)106/h12-19,21,23-33,51,60,62-68,70-72,80,93,95-102H,4-11,20,22,34-35H2,1-3H3,(H,83,94)(H,84,108)(H,85,103)(H,86,106)(H,87,105)(H,88,107)(H,89,104)/t51-,60-,62-,63+,64-,65-,66-,67+,68+,70-,71-,72-,80+/m1/s1. The second-order valence-electron chi connectivity index (χ2n) is 28.5. The second-order valence-corrected chi connectivity index (χ2v) is 29.3. The molecular weight excluding hydrogens is 1560 g/mol. The molecule has 16 N–H and O–H groups in total. The number of unbranched alkanes of at least 4 members (excludes halogenated alkanes) is 7. The zero-order valence-corrected chi connectivity index (χ0v) is 63.8. The van der Waals surface area contributed by atoms with E-state index in [-0.39, 0.29) is 62.4 Å². The number of phenols is 6. The van der Waals surface area contributed by atoms with Crippen molar-refractivity contribution in [1.82, 2.24) is 52.2 Å². The molecule has 0 saturated carbocycles. The molecule has 610 valence electrons. The molecule has 116 heavy (non-hydrogen) atoms. The van der Waals surface area contributed by atoms with Crippen LogP contribution < -0.4 is 51.4 Å². The average molecular weight is 1640 g/mol. The molecule has 7 amide bonds. The number of fused-ring (bicyclic) bond motifs is 14. The molecule has 0 unspecified atom stereocenters. The van der Waals surface area contributed by atoms with Crippen LogP contribution in [0.1, 0.15) is 146 Å². The molecule has 17 bridgehead atoms. The van der Waals surface area contributed by atoms with Crippen LogP contribution in [0.25, 0.3) is 11.1 Å². The number of phenolic OH excluding ortho intramolecular Hbond substituents is 6. The number of aromatic nitrogens is 3. The summed E-state index contributed by atoms with van der Waals surface area (Å²) in [6.07, 6.45) is -0.0679. The molecule has 7 aromatic carbocycles. The Morgan fingerprint density at radius 2 is 1.22 bits per heavy atom. The van der Waals surface area contributed by atoms with Crippen LogP contribution >= 0.6 is 23.2 Å². The van der Waals surface area contributed by atoms with Crippen LogP contribution in [0.3, 0.4) is 0 Å². The summed E-state index contributed by atoms with van der Waals surface area (Å²) in [4.78, 5) is 123. The van der Waals surface area contributed by atoms with Gasteiger partial charge >= 0.3 is 5.97 Å². The summed E-state index contributed by atoms with van der Waals surface area (Å²) in [6.45, 7) is 2.64. The van der Waals surface area contributed by atoms with E-state index in [0.29, 0.717) is 12.3 Å². The number of hydrogen-bond acceptors (Lipinski definition) is 26. The Balaban J connectivity index is 0.968. The van der Waals surface area contributed by atoms with Crippen molar-refractivity contribution in [3.63, 3.8) is 0 Å². The summed E-state index contributed by atoms with van der Waals surface area (Å²) in [7, 11) is 0.925. The molecule has 36 heteroatoms. The van der Waals surface area contributed by atoms with Gasteiger partial charge in [-0.15, -0.1) is 5.10 Å². The minimum absolute atomic E-state index is 0.00724. The Bertz CT molecular complexity index is 5130. The highest BCUT2D eigenvalue weighted by atomic mass is 35.5. The molecule has 0 aliphatic carbocycles. The number of esters is 1. The molecule has 0 radical (unpaired) electrons. The van der Waals surface area contributed by atoms with Crippen molar-refractivity contribution in [2.45, 2.75) is 157 Å². The number of halogens is 2. The van der Waals surface area contributed by atoms with Gasteiger partial charge in [0.25, 0.3) is 0 Å². The number of ether oxygens (including phenoxy) is 7. The molecule has 7 aliphatic rings. The highest BCUT2D eigenvalue weighted by Crippen LogP contribution is 2.49. The van der Waals surface area contributed by atoms with Crippen LogP contribution in [-0.4, -0.2) is 171 Å². The molecule has 34 nitrogen and oxygen atoms in total. The number of benzene rings is 7. The summed E-state index contributed by atoms with van der Waals surface area (Å²) in [6, 6.07) is 6.02. The first-order valence-electron chi connectivity index (χ1n) is 37.1. The van der Waals surface area contributed by atoms with Crippen molar-refractivity contribution in [2.24, 2.45) is 0 Å². The molecule has 1 fully saturated rings. The number of hydrogen-bond donors (Lipinski definition) is 16. The lowest BCUT2D eigenvalue weighted by Gasteiger charge is -2.44. The SMILES string of the molecule is CCCCCCCCCCOCc1cn([C@@H]2C(=O)N[C@@H]3Cc4ccc(c(Cl)c4)Oc4cc5cc(c4O)Oc4ccc(cc4Cl)[C@@H](O[C@@H]4O[C@H](CO)[C@@H](O)[C@H](O)[C@H]4NC(C)=O)[C@@H]4NC(=O)[C@H](NC(=O)[C@@H]5NC(=O)[C@@H](NC3=O)c3cc(O)cc(c3)Oc3cc2ccc3O)c2ccc(O)c(c2)-c2c(O)cc(O)cc2[C@H](C(=O)OC)NC4=O)nn1. The summed E-state index contributed by atoms with van der Waals surface area (Å²) < 4.78 is 44.1. The fourth-order valence-corrected chi connectivity index (χ4v) is 14.9. The number of nitrogens with one attached hydrogen (secondary N) is 7. The van der Waals surface area contributed by atoms with Crippen molar-refractivity contribution < 1.29 is 117 Å². The smallest absolute Gasteiger partial charge is 0.333 e. The Morgan fingerprint density at radius 1 is 0.595 bits per heavy atom. The first-order chi connectivity index (χ1) is 55.6. The molecule has 1 aromatic heterocycles. The maximum absolute atomic E-state index is 16.4.